The normalized spacial score (nSPS) is 16.6. The fraction of sp³-hybridized carbons (Fsp3) is 0.118. The van der Waals surface area contributed by atoms with Gasteiger partial charge in [0.1, 0.15) is 12.4 Å². The lowest BCUT2D eigenvalue weighted by Crippen LogP contribution is -2.20. The van der Waals surface area contributed by atoms with Gasteiger partial charge in [0.15, 0.2) is 5.78 Å². The first-order chi connectivity index (χ1) is 9.27. The number of benzene rings is 2. The summed E-state index contributed by atoms with van der Waals surface area (Å²) in [5.41, 5.74) is 3.44. The second-order valence-electron chi connectivity index (χ2n) is 4.58. The number of carbonyl (C=O) groups is 1. The minimum atomic E-state index is 0.0724. The van der Waals surface area contributed by atoms with Gasteiger partial charge in [-0.25, -0.2) is 0 Å². The lowest BCUT2D eigenvalue weighted by molar-refractivity contribution is 0.1000. The summed E-state index contributed by atoms with van der Waals surface area (Å²) in [4.78, 5) is 12.5. The molecule has 0 radical (unpaired) electrons. The molecular weight excluding hydrogens is 236 g/mol. The van der Waals surface area contributed by atoms with Crippen molar-refractivity contribution in [1.82, 2.24) is 0 Å². The maximum absolute atomic E-state index is 12.5. The molecule has 0 atom stereocenters. The summed E-state index contributed by atoms with van der Waals surface area (Å²) >= 11 is 0. The number of Topliss-reactive ketones (excluding diaryl/α,β-unsaturated/α-hetero) is 1. The molecule has 19 heavy (non-hydrogen) atoms. The van der Waals surface area contributed by atoms with Gasteiger partial charge in [-0.05, 0) is 30.2 Å². The minimum Gasteiger partial charge on any atom is -0.488 e. The van der Waals surface area contributed by atoms with Crippen LogP contribution in [-0.4, -0.2) is 12.4 Å². The summed E-state index contributed by atoms with van der Waals surface area (Å²) in [5.74, 6) is 0.750. The maximum atomic E-state index is 12.5. The summed E-state index contributed by atoms with van der Waals surface area (Å²) in [6.07, 6.45) is 0. The molecule has 0 aromatic heterocycles. The van der Waals surface area contributed by atoms with Crippen LogP contribution in [0.5, 0.6) is 5.75 Å². The molecule has 0 saturated heterocycles. The van der Waals surface area contributed by atoms with E-state index in [0.717, 1.165) is 16.7 Å². The van der Waals surface area contributed by atoms with E-state index in [2.05, 4.69) is 0 Å². The van der Waals surface area contributed by atoms with Gasteiger partial charge < -0.3 is 4.74 Å². The van der Waals surface area contributed by atoms with Crippen molar-refractivity contribution >= 4 is 11.4 Å². The second-order valence-corrected chi connectivity index (χ2v) is 4.58. The van der Waals surface area contributed by atoms with Crippen molar-refractivity contribution in [2.45, 2.75) is 6.92 Å². The molecule has 0 bridgehead atoms. The van der Waals surface area contributed by atoms with E-state index < -0.39 is 0 Å². The number of ketones is 1. The van der Waals surface area contributed by atoms with Gasteiger partial charge in [-0.3, -0.25) is 4.79 Å². The van der Waals surface area contributed by atoms with Crippen LogP contribution in [0.25, 0.3) is 5.57 Å². The van der Waals surface area contributed by atoms with Gasteiger partial charge >= 0.3 is 0 Å². The zero-order chi connectivity index (χ0) is 13.2. The molecule has 0 aliphatic carbocycles. The van der Waals surface area contributed by atoms with Crippen molar-refractivity contribution in [2.24, 2.45) is 0 Å². The number of carbonyl (C=O) groups excluding carboxylic acids is 1. The predicted molar refractivity (Wildman–Crippen MR) is 75.3 cm³/mol. The molecule has 0 fully saturated rings. The summed E-state index contributed by atoms with van der Waals surface area (Å²) in [6.45, 7) is 2.32. The first-order valence-corrected chi connectivity index (χ1v) is 6.29. The second kappa shape index (κ2) is 4.73. The third-order valence-electron chi connectivity index (χ3n) is 3.44. The molecule has 1 aliphatic rings. The fourth-order valence-electron chi connectivity index (χ4n) is 2.30. The van der Waals surface area contributed by atoms with Crippen molar-refractivity contribution in [2.75, 3.05) is 6.61 Å². The third-order valence-corrected chi connectivity index (χ3v) is 3.44. The molecule has 0 spiro atoms. The van der Waals surface area contributed by atoms with Crippen LogP contribution in [0.2, 0.25) is 0 Å². The number of hydrogen-bond donors (Lipinski definition) is 0. The molecule has 0 saturated carbocycles. The average Bonchev–Trinajstić information content (AvgIpc) is 2.48. The Morgan fingerprint density at radius 3 is 2.47 bits per heavy atom. The van der Waals surface area contributed by atoms with Crippen molar-refractivity contribution in [3.8, 4) is 5.75 Å². The molecule has 1 heterocycles. The number of hydrogen-bond acceptors (Lipinski definition) is 2. The highest BCUT2D eigenvalue weighted by Gasteiger charge is 2.24. The van der Waals surface area contributed by atoms with Crippen LogP contribution >= 0.6 is 0 Å². The topological polar surface area (TPSA) is 26.3 Å². The SMILES string of the molecule is CC(=C1COc2ccccc2C1=O)c1ccccc1. The fourth-order valence-corrected chi connectivity index (χ4v) is 2.30. The van der Waals surface area contributed by atoms with Crippen molar-refractivity contribution < 1.29 is 9.53 Å². The van der Waals surface area contributed by atoms with Crippen LogP contribution in [0, 0.1) is 0 Å². The minimum absolute atomic E-state index is 0.0724. The van der Waals surface area contributed by atoms with Crippen molar-refractivity contribution in [3.63, 3.8) is 0 Å². The molecular formula is C17H14O2. The number of rotatable bonds is 1. The summed E-state index contributed by atoms with van der Waals surface area (Å²) in [5, 5.41) is 0. The third kappa shape index (κ3) is 2.06. The monoisotopic (exact) mass is 250 g/mol. The number of para-hydroxylation sites is 1. The molecule has 94 valence electrons. The van der Waals surface area contributed by atoms with E-state index in [4.69, 9.17) is 4.74 Å². The highest BCUT2D eigenvalue weighted by molar-refractivity contribution is 6.15. The Bertz CT molecular complexity index is 654. The Labute approximate surface area is 112 Å². The first-order valence-electron chi connectivity index (χ1n) is 6.29. The van der Waals surface area contributed by atoms with Crippen LogP contribution in [-0.2, 0) is 0 Å². The Morgan fingerprint density at radius 2 is 1.68 bits per heavy atom. The van der Waals surface area contributed by atoms with Gasteiger partial charge in [0.05, 0.1) is 5.56 Å². The Morgan fingerprint density at radius 1 is 1.00 bits per heavy atom. The predicted octanol–water partition coefficient (Wildman–Crippen LogP) is 3.74. The van der Waals surface area contributed by atoms with Crippen LogP contribution in [0.3, 0.4) is 0 Å². The van der Waals surface area contributed by atoms with Crippen LogP contribution in [0.15, 0.2) is 60.2 Å². The number of fused-ring (bicyclic) bond motifs is 1. The highest BCUT2D eigenvalue weighted by atomic mass is 16.5. The van der Waals surface area contributed by atoms with E-state index >= 15 is 0 Å². The van der Waals surface area contributed by atoms with E-state index in [9.17, 15) is 4.79 Å². The molecule has 3 rings (SSSR count). The van der Waals surface area contributed by atoms with Crippen LogP contribution in [0.4, 0.5) is 0 Å². The molecule has 1 aliphatic heterocycles. The molecule has 2 aromatic carbocycles. The number of allylic oxidation sites excluding steroid dienone is 1. The smallest absolute Gasteiger partial charge is 0.196 e. The zero-order valence-corrected chi connectivity index (χ0v) is 10.7. The maximum Gasteiger partial charge on any atom is 0.196 e. The Hall–Kier alpha value is -2.35. The average molecular weight is 250 g/mol. The van der Waals surface area contributed by atoms with Gasteiger partial charge in [0, 0.05) is 5.57 Å². The molecule has 2 heteroatoms. The molecule has 2 nitrogen and oxygen atoms in total. The first kappa shape index (κ1) is 11.7. The van der Waals surface area contributed by atoms with E-state index in [1.54, 1.807) is 0 Å². The lowest BCUT2D eigenvalue weighted by atomic mass is 9.93. The van der Waals surface area contributed by atoms with Gasteiger partial charge in [-0.1, -0.05) is 42.5 Å². The Balaban J connectivity index is 2.07. The number of ether oxygens (including phenoxy) is 1. The van der Waals surface area contributed by atoms with Gasteiger partial charge in [-0.15, -0.1) is 0 Å². The van der Waals surface area contributed by atoms with Crippen molar-refractivity contribution in [3.05, 3.63) is 71.3 Å². The van der Waals surface area contributed by atoms with E-state index in [0.29, 0.717) is 17.9 Å². The van der Waals surface area contributed by atoms with E-state index in [-0.39, 0.29) is 5.78 Å². The van der Waals surface area contributed by atoms with E-state index in [1.807, 2.05) is 61.5 Å². The highest BCUT2D eigenvalue weighted by Crippen LogP contribution is 2.30. The van der Waals surface area contributed by atoms with Gasteiger partial charge in [0.25, 0.3) is 0 Å². The molecule has 0 unspecified atom stereocenters. The molecule has 0 N–H and O–H groups in total. The zero-order valence-electron chi connectivity index (χ0n) is 10.7. The standard InChI is InChI=1S/C17H14O2/c1-12(13-7-3-2-4-8-13)15-11-19-16-10-6-5-9-14(16)17(15)18/h2-10H,11H2,1H3. The summed E-state index contributed by atoms with van der Waals surface area (Å²) in [6, 6.07) is 17.3. The summed E-state index contributed by atoms with van der Waals surface area (Å²) < 4.78 is 5.67. The largest absolute Gasteiger partial charge is 0.488 e. The lowest BCUT2D eigenvalue weighted by Gasteiger charge is -2.20. The van der Waals surface area contributed by atoms with Gasteiger partial charge in [0.2, 0.25) is 0 Å². The van der Waals surface area contributed by atoms with Crippen LogP contribution in [0.1, 0.15) is 22.8 Å². The van der Waals surface area contributed by atoms with E-state index in [1.165, 1.54) is 0 Å². The van der Waals surface area contributed by atoms with Crippen LogP contribution < -0.4 is 4.74 Å². The molecule has 0 amide bonds. The quantitative estimate of drug-likeness (QED) is 0.721. The summed E-state index contributed by atoms with van der Waals surface area (Å²) in [7, 11) is 0. The van der Waals surface area contributed by atoms with Crippen molar-refractivity contribution in [1.29, 1.82) is 0 Å². The van der Waals surface area contributed by atoms with Gasteiger partial charge in [-0.2, -0.15) is 0 Å². The Kier molecular flexibility index (Phi) is 2.92. The molecule has 2 aromatic rings.